The van der Waals surface area contributed by atoms with Gasteiger partial charge in [0, 0.05) is 10.5 Å². The van der Waals surface area contributed by atoms with Crippen LogP contribution in [0.3, 0.4) is 0 Å². The Morgan fingerprint density at radius 3 is 2.60 bits per heavy atom. The normalized spacial score (nSPS) is 29.4. The van der Waals surface area contributed by atoms with Gasteiger partial charge in [0.1, 0.15) is 0 Å². The standard InChI is InChI=1S/C13H13N3O3S/c1-13(17)11(16(18)19)10(8-5-3-2-4-6-8)9(7-14)12(20)15-13/h2-6,10-11,15,17,20H,1H3/p-1/t10-,11+,13?/m0/s1. The smallest absolute Gasteiger partial charge is 0.270 e. The van der Waals surface area contributed by atoms with Crippen LogP contribution in [0.5, 0.6) is 0 Å². The van der Waals surface area contributed by atoms with E-state index in [4.69, 9.17) is 12.6 Å². The Hall–Kier alpha value is -2.17. The van der Waals surface area contributed by atoms with Crippen molar-refractivity contribution < 1.29 is 10.0 Å². The van der Waals surface area contributed by atoms with Gasteiger partial charge in [-0.3, -0.25) is 10.1 Å². The number of nitrogens with one attached hydrogen (secondary N) is 1. The molecule has 0 saturated heterocycles. The molecule has 104 valence electrons. The Morgan fingerprint density at radius 2 is 2.10 bits per heavy atom. The first-order valence-electron chi connectivity index (χ1n) is 5.88. The molecule has 1 aliphatic heterocycles. The molecular weight excluding hydrogens is 278 g/mol. The number of aliphatic hydroxyl groups is 1. The first kappa shape index (κ1) is 14.2. The molecule has 1 unspecified atom stereocenters. The van der Waals surface area contributed by atoms with E-state index >= 15 is 0 Å². The first-order chi connectivity index (χ1) is 9.38. The van der Waals surface area contributed by atoms with Gasteiger partial charge in [-0.25, -0.2) is 0 Å². The van der Waals surface area contributed by atoms with Crippen LogP contribution in [0.1, 0.15) is 18.4 Å². The molecular formula is C13H12N3O3S-. The summed E-state index contributed by atoms with van der Waals surface area (Å²) in [5.41, 5.74) is -1.14. The fourth-order valence-corrected chi connectivity index (χ4v) is 2.83. The molecule has 0 fully saturated rings. The van der Waals surface area contributed by atoms with Crippen molar-refractivity contribution in [3.05, 3.63) is 56.6 Å². The van der Waals surface area contributed by atoms with Crippen molar-refractivity contribution in [2.24, 2.45) is 0 Å². The maximum absolute atomic E-state index is 11.4. The SMILES string of the molecule is CC1(O)NC([S-])=C(C#N)[C@H](c2ccccc2)[C@H]1[N+](=O)[O-]. The highest BCUT2D eigenvalue weighted by Gasteiger charge is 2.52. The number of rotatable bonds is 2. The van der Waals surface area contributed by atoms with E-state index in [9.17, 15) is 20.5 Å². The van der Waals surface area contributed by atoms with Gasteiger partial charge in [-0.2, -0.15) is 5.26 Å². The average molecular weight is 290 g/mol. The molecule has 0 saturated carbocycles. The van der Waals surface area contributed by atoms with Gasteiger partial charge < -0.3 is 23.1 Å². The topological polar surface area (TPSA) is 99.2 Å². The van der Waals surface area contributed by atoms with Crippen molar-refractivity contribution in [1.29, 1.82) is 5.26 Å². The summed E-state index contributed by atoms with van der Waals surface area (Å²) in [5.74, 6) is -0.875. The summed E-state index contributed by atoms with van der Waals surface area (Å²) >= 11 is 5.04. The van der Waals surface area contributed by atoms with Crippen molar-refractivity contribution in [3.63, 3.8) is 0 Å². The maximum atomic E-state index is 11.4. The third kappa shape index (κ3) is 2.31. The predicted molar refractivity (Wildman–Crippen MR) is 73.7 cm³/mol. The molecule has 0 aliphatic carbocycles. The second-order valence-electron chi connectivity index (χ2n) is 4.75. The number of hydrogen-bond donors (Lipinski definition) is 2. The maximum Gasteiger partial charge on any atom is 0.270 e. The third-order valence-electron chi connectivity index (χ3n) is 3.32. The van der Waals surface area contributed by atoms with Crippen LogP contribution in [0.25, 0.3) is 0 Å². The summed E-state index contributed by atoms with van der Waals surface area (Å²) in [4.78, 5) is 10.8. The van der Waals surface area contributed by atoms with E-state index in [1.165, 1.54) is 6.92 Å². The van der Waals surface area contributed by atoms with Crippen LogP contribution in [0.2, 0.25) is 0 Å². The number of nitriles is 1. The Labute approximate surface area is 121 Å². The van der Waals surface area contributed by atoms with Gasteiger partial charge in [0.05, 0.1) is 12.0 Å². The minimum atomic E-state index is -1.82. The van der Waals surface area contributed by atoms with Crippen molar-refractivity contribution in [1.82, 2.24) is 5.32 Å². The predicted octanol–water partition coefficient (Wildman–Crippen LogP) is 1.01. The van der Waals surface area contributed by atoms with Gasteiger partial charge in [-0.1, -0.05) is 35.4 Å². The highest BCUT2D eigenvalue weighted by Crippen LogP contribution is 2.38. The van der Waals surface area contributed by atoms with Crippen LogP contribution >= 0.6 is 0 Å². The average Bonchev–Trinajstić information content (AvgIpc) is 2.37. The van der Waals surface area contributed by atoms with E-state index in [2.05, 4.69) is 5.32 Å². The second kappa shape index (κ2) is 5.07. The van der Waals surface area contributed by atoms with Crippen LogP contribution in [0.15, 0.2) is 40.9 Å². The molecule has 1 aromatic rings. The summed E-state index contributed by atoms with van der Waals surface area (Å²) < 4.78 is 0. The molecule has 1 aliphatic rings. The van der Waals surface area contributed by atoms with Gasteiger partial charge in [0.15, 0.2) is 0 Å². The Kier molecular flexibility index (Phi) is 3.61. The minimum Gasteiger partial charge on any atom is -0.762 e. The lowest BCUT2D eigenvalue weighted by Gasteiger charge is -2.41. The Bertz CT molecular complexity index is 607. The van der Waals surface area contributed by atoms with E-state index in [0.717, 1.165) is 0 Å². The van der Waals surface area contributed by atoms with E-state index in [1.807, 2.05) is 6.07 Å². The van der Waals surface area contributed by atoms with Gasteiger partial charge in [0.2, 0.25) is 5.72 Å². The lowest BCUT2D eigenvalue weighted by Crippen LogP contribution is -2.60. The minimum absolute atomic E-state index is 0.0458. The van der Waals surface area contributed by atoms with E-state index in [-0.39, 0.29) is 10.6 Å². The molecule has 3 atom stereocenters. The molecule has 20 heavy (non-hydrogen) atoms. The molecule has 0 amide bonds. The number of hydrogen-bond acceptors (Lipinski definition) is 6. The highest BCUT2D eigenvalue weighted by atomic mass is 32.1. The number of benzene rings is 1. The Balaban J connectivity index is 2.65. The quantitative estimate of drug-likeness (QED) is 0.479. The zero-order valence-electron chi connectivity index (χ0n) is 10.6. The molecule has 0 bridgehead atoms. The summed E-state index contributed by atoms with van der Waals surface area (Å²) in [6.45, 7) is 1.29. The summed E-state index contributed by atoms with van der Waals surface area (Å²) in [6.07, 6.45) is 0. The number of nitro groups is 1. The first-order valence-corrected chi connectivity index (χ1v) is 6.29. The zero-order chi connectivity index (χ0) is 14.9. The molecule has 2 N–H and O–H groups in total. The van der Waals surface area contributed by atoms with Crippen LogP contribution in [-0.4, -0.2) is 21.8 Å². The molecule has 1 heterocycles. The van der Waals surface area contributed by atoms with Gasteiger partial charge in [-0.05, 0) is 12.5 Å². The van der Waals surface area contributed by atoms with Crippen molar-refractivity contribution in [3.8, 4) is 6.07 Å². The third-order valence-corrected chi connectivity index (χ3v) is 3.64. The van der Waals surface area contributed by atoms with Crippen molar-refractivity contribution in [2.75, 3.05) is 0 Å². The fourth-order valence-electron chi connectivity index (χ4n) is 2.45. The molecule has 6 nitrogen and oxygen atoms in total. The fraction of sp³-hybridized carbons (Fsp3) is 0.308. The molecule has 1 aromatic carbocycles. The van der Waals surface area contributed by atoms with Crippen LogP contribution in [0, 0.1) is 21.4 Å². The molecule has 0 radical (unpaired) electrons. The zero-order valence-corrected chi connectivity index (χ0v) is 11.4. The largest absolute Gasteiger partial charge is 0.762 e. The van der Waals surface area contributed by atoms with Crippen molar-refractivity contribution >= 4 is 12.6 Å². The van der Waals surface area contributed by atoms with Crippen LogP contribution in [-0.2, 0) is 12.6 Å². The second-order valence-corrected chi connectivity index (χ2v) is 5.15. The monoisotopic (exact) mass is 290 g/mol. The molecule has 7 heteroatoms. The van der Waals surface area contributed by atoms with E-state index in [0.29, 0.717) is 5.56 Å². The van der Waals surface area contributed by atoms with Gasteiger partial charge in [0.25, 0.3) is 6.04 Å². The van der Waals surface area contributed by atoms with Crippen molar-refractivity contribution in [2.45, 2.75) is 24.6 Å². The lowest BCUT2D eigenvalue weighted by atomic mass is 9.79. The molecule has 0 aromatic heterocycles. The molecule has 0 spiro atoms. The summed E-state index contributed by atoms with van der Waals surface area (Å²) in [5, 5.41) is 33.4. The van der Waals surface area contributed by atoms with Gasteiger partial charge in [-0.15, -0.1) is 0 Å². The van der Waals surface area contributed by atoms with Crippen LogP contribution in [0.4, 0.5) is 0 Å². The lowest BCUT2D eigenvalue weighted by molar-refractivity contribution is -0.550. The summed E-state index contributed by atoms with van der Waals surface area (Å²) in [6, 6.07) is 9.11. The summed E-state index contributed by atoms with van der Waals surface area (Å²) in [7, 11) is 0. The highest BCUT2D eigenvalue weighted by molar-refractivity contribution is 7.63. The van der Waals surface area contributed by atoms with Gasteiger partial charge >= 0.3 is 0 Å². The van der Waals surface area contributed by atoms with E-state index < -0.39 is 22.6 Å². The molecule has 2 rings (SSSR count). The Morgan fingerprint density at radius 1 is 1.50 bits per heavy atom. The van der Waals surface area contributed by atoms with Crippen LogP contribution < -0.4 is 5.32 Å². The number of nitrogens with zero attached hydrogens (tertiary/aromatic N) is 2. The van der Waals surface area contributed by atoms with E-state index in [1.54, 1.807) is 30.3 Å².